The lowest BCUT2D eigenvalue weighted by atomic mass is 10.1. The number of aryl methyl sites for hydroxylation is 2. The van der Waals surface area contributed by atoms with Crippen LogP contribution in [-0.2, 0) is 13.1 Å². The van der Waals surface area contributed by atoms with Gasteiger partial charge in [-0.15, -0.1) is 0 Å². The Morgan fingerprint density at radius 3 is 1.73 bits per heavy atom. The molecule has 0 saturated carbocycles. The van der Waals surface area contributed by atoms with E-state index in [0.717, 1.165) is 42.7 Å². The number of carboxylic acid groups (broad SMARTS) is 1. The molecule has 0 aliphatic heterocycles. The molecule has 0 aliphatic rings. The maximum Gasteiger partial charge on any atom is 0.335 e. The van der Waals surface area contributed by atoms with Crippen molar-refractivity contribution in [2.75, 3.05) is 14.2 Å². The molecule has 0 aliphatic carbocycles. The van der Waals surface area contributed by atoms with Crippen LogP contribution in [-0.4, -0.2) is 31.2 Å². The number of hydrogen-bond donors (Lipinski definition) is 3. The number of rotatable bonds is 7. The number of halogens is 2. The topological polar surface area (TPSA) is 111 Å². The van der Waals surface area contributed by atoms with Crippen molar-refractivity contribution in [3.05, 3.63) is 127 Å². The van der Waals surface area contributed by atoms with Crippen LogP contribution in [0.25, 0.3) is 0 Å². The van der Waals surface area contributed by atoms with E-state index in [2.05, 4.69) is 37.2 Å². The Kier molecular flexibility index (Phi) is 14.1. The van der Waals surface area contributed by atoms with Gasteiger partial charge in [0.25, 0.3) is 5.91 Å². The third kappa shape index (κ3) is 11.4. The highest BCUT2D eigenvalue weighted by atomic mass is 79.9. The summed E-state index contributed by atoms with van der Waals surface area (Å²) in [6.45, 7) is 4.86. The lowest BCUT2D eigenvalue weighted by Crippen LogP contribution is -2.22. The monoisotopic (exact) mass is 684 g/mol. The molecule has 0 unspecified atom stereocenters. The van der Waals surface area contributed by atoms with Crippen molar-refractivity contribution in [2.45, 2.75) is 26.9 Å². The normalized spacial score (nSPS) is 9.83. The number of nitrogens with one attached hydrogen (secondary N) is 1. The number of carbonyl (C=O) groups is 2. The molecular weight excluding hydrogens is 652 g/mol. The van der Waals surface area contributed by atoms with Crippen molar-refractivity contribution in [1.29, 1.82) is 0 Å². The summed E-state index contributed by atoms with van der Waals surface area (Å²) in [5, 5.41) is 11.5. The van der Waals surface area contributed by atoms with Gasteiger partial charge in [-0.3, -0.25) is 4.79 Å². The van der Waals surface area contributed by atoms with E-state index < -0.39 is 5.97 Å². The predicted molar refractivity (Wildman–Crippen MR) is 170 cm³/mol. The van der Waals surface area contributed by atoms with Crippen LogP contribution in [0.2, 0.25) is 0 Å². The Balaban J connectivity index is 0.000000236. The minimum Gasteiger partial charge on any atom is -0.497 e. The van der Waals surface area contributed by atoms with Crippen LogP contribution in [0.3, 0.4) is 0 Å². The first-order valence-corrected chi connectivity index (χ1v) is 14.2. The van der Waals surface area contributed by atoms with Gasteiger partial charge in [0, 0.05) is 27.6 Å². The van der Waals surface area contributed by atoms with Crippen molar-refractivity contribution >= 4 is 43.7 Å². The number of carbonyl (C=O) groups excluding carboxylic acids is 1. The van der Waals surface area contributed by atoms with Crippen LogP contribution in [0.1, 0.15) is 43.0 Å². The molecule has 0 fully saturated rings. The van der Waals surface area contributed by atoms with E-state index in [9.17, 15) is 9.59 Å². The summed E-state index contributed by atoms with van der Waals surface area (Å²) < 4.78 is 12.1. The molecule has 1 amide bonds. The molecular formula is C32H34Br2N2O5. The molecule has 41 heavy (non-hydrogen) atoms. The van der Waals surface area contributed by atoms with Crippen molar-refractivity contribution in [3.8, 4) is 11.5 Å². The van der Waals surface area contributed by atoms with Gasteiger partial charge < -0.3 is 25.6 Å². The highest BCUT2D eigenvalue weighted by Gasteiger charge is 2.07. The second-order valence-electron chi connectivity index (χ2n) is 8.82. The van der Waals surface area contributed by atoms with Gasteiger partial charge in [-0.25, -0.2) is 4.79 Å². The van der Waals surface area contributed by atoms with Crippen molar-refractivity contribution in [3.63, 3.8) is 0 Å². The molecule has 4 aromatic carbocycles. The highest BCUT2D eigenvalue weighted by Crippen LogP contribution is 2.18. The molecule has 4 rings (SSSR count). The largest absolute Gasteiger partial charge is 0.497 e. The van der Waals surface area contributed by atoms with Gasteiger partial charge in [-0.05, 0) is 96.8 Å². The van der Waals surface area contributed by atoms with Gasteiger partial charge >= 0.3 is 5.97 Å². The number of aromatic carboxylic acids is 1. The zero-order valence-corrected chi connectivity index (χ0v) is 26.6. The minimum atomic E-state index is -0.888. The third-order valence-electron chi connectivity index (χ3n) is 5.78. The number of hydrogen-bond acceptors (Lipinski definition) is 5. The molecule has 4 N–H and O–H groups in total. The average Bonchev–Trinajstić information content (AvgIpc) is 2.99. The Hall–Kier alpha value is -3.66. The predicted octanol–water partition coefficient (Wildman–Crippen LogP) is 7.31. The van der Waals surface area contributed by atoms with Gasteiger partial charge in [0.2, 0.25) is 0 Å². The molecule has 216 valence electrons. The number of carboxylic acids is 1. The standard InChI is InChI=1S/C16H16BrNO2.C8H7BrO2.C8H11NO/c1-11-8-13(6-7-15(11)17)16(19)18-10-12-4-3-5-14(9-12)20-2;1-5-4-6(8(10)11)2-3-7(5)9;1-10-8-4-2-3-7(5-8)6-9/h3-9H,10H2,1-2H3,(H,18,19);2-4H,1H3,(H,10,11);2-5H,6,9H2,1H3. The van der Waals surface area contributed by atoms with E-state index >= 15 is 0 Å². The fraction of sp³-hybridized carbons (Fsp3) is 0.188. The van der Waals surface area contributed by atoms with E-state index in [1.807, 2.05) is 74.5 Å². The Morgan fingerprint density at radius 1 is 0.756 bits per heavy atom. The van der Waals surface area contributed by atoms with E-state index in [1.54, 1.807) is 38.5 Å². The number of benzene rings is 4. The first-order valence-electron chi connectivity index (χ1n) is 12.6. The molecule has 0 bridgehead atoms. The molecule has 0 atom stereocenters. The number of amides is 1. The summed E-state index contributed by atoms with van der Waals surface area (Å²) >= 11 is 6.71. The number of nitrogens with two attached hydrogens (primary N) is 1. The molecule has 9 heteroatoms. The molecule has 4 aromatic rings. The Labute approximate surface area is 258 Å². The third-order valence-corrected chi connectivity index (χ3v) is 7.56. The smallest absolute Gasteiger partial charge is 0.335 e. The van der Waals surface area contributed by atoms with Gasteiger partial charge in [0.1, 0.15) is 11.5 Å². The Bertz CT molecular complexity index is 1440. The first-order chi connectivity index (χ1) is 19.6. The quantitative estimate of drug-likeness (QED) is 0.188. The zero-order valence-electron chi connectivity index (χ0n) is 23.4. The van der Waals surface area contributed by atoms with Crippen LogP contribution >= 0.6 is 31.9 Å². The maximum absolute atomic E-state index is 12.1. The van der Waals surface area contributed by atoms with Crippen molar-refractivity contribution in [1.82, 2.24) is 5.32 Å². The highest BCUT2D eigenvalue weighted by molar-refractivity contribution is 9.10. The summed E-state index contributed by atoms with van der Waals surface area (Å²) in [6, 6.07) is 25.9. The summed E-state index contributed by atoms with van der Waals surface area (Å²) in [5.41, 5.74) is 10.5. The van der Waals surface area contributed by atoms with E-state index in [1.165, 1.54) is 0 Å². The molecule has 0 spiro atoms. The summed E-state index contributed by atoms with van der Waals surface area (Å²) in [4.78, 5) is 22.5. The molecule has 7 nitrogen and oxygen atoms in total. The van der Waals surface area contributed by atoms with Crippen LogP contribution in [0.5, 0.6) is 11.5 Å². The second kappa shape index (κ2) is 17.2. The van der Waals surface area contributed by atoms with Crippen LogP contribution in [0.15, 0.2) is 93.9 Å². The SMILES string of the molecule is COc1cccc(CN)c1.COc1cccc(CNC(=O)c2ccc(Br)c(C)c2)c1.Cc1cc(C(=O)O)ccc1Br. The van der Waals surface area contributed by atoms with E-state index in [0.29, 0.717) is 24.2 Å². The molecule has 0 radical (unpaired) electrons. The van der Waals surface area contributed by atoms with Crippen molar-refractivity contribution in [2.24, 2.45) is 5.73 Å². The summed E-state index contributed by atoms with van der Waals surface area (Å²) in [6.07, 6.45) is 0. The van der Waals surface area contributed by atoms with Crippen molar-refractivity contribution < 1.29 is 24.2 Å². The van der Waals surface area contributed by atoms with Gasteiger partial charge in [-0.2, -0.15) is 0 Å². The fourth-order valence-corrected chi connectivity index (χ4v) is 3.92. The van der Waals surface area contributed by atoms with Crippen LogP contribution in [0, 0.1) is 13.8 Å². The summed E-state index contributed by atoms with van der Waals surface area (Å²) in [7, 11) is 3.28. The van der Waals surface area contributed by atoms with E-state index in [4.69, 9.17) is 20.3 Å². The van der Waals surface area contributed by atoms with Gasteiger partial charge in [-0.1, -0.05) is 56.1 Å². The molecule has 0 saturated heterocycles. The average molecular weight is 686 g/mol. The van der Waals surface area contributed by atoms with Crippen LogP contribution in [0.4, 0.5) is 0 Å². The van der Waals surface area contributed by atoms with Gasteiger partial charge in [0.15, 0.2) is 0 Å². The maximum atomic E-state index is 12.1. The van der Waals surface area contributed by atoms with Crippen LogP contribution < -0.4 is 20.5 Å². The number of ether oxygens (including phenoxy) is 2. The summed E-state index contributed by atoms with van der Waals surface area (Å²) in [5.74, 6) is 0.684. The fourth-order valence-electron chi connectivity index (χ4n) is 3.43. The minimum absolute atomic E-state index is 0.0802. The van der Waals surface area contributed by atoms with E-state index in [-0.39, 0.29) is 5.91 Å². The van der Waals surface area contributed by atoms with Gasteiger partial charge in [0.05, 0.1) is 19.8 Å². The molecule has 0 heterocycles. The lowest BCUT2D eigenvalue weighted by Gasteiger charge is -2.08. The lowest BCUT2D eigenvalue weighted by molar-refractivity contribution is 0.0696. The first kappa shape index (κ1) is 33.5. The number of methoxy groups -OCH3 is 2. The second-order valence-corrected chi connectivity index (χ2v) is 10.5. The molecule has 0 aromatic heterocycles. The zero-order chi connectivity index (χ0) is 30.4. The Morgan fingerprint density at radius 2 is 1.24 bits per heavy atom.